The number of aromatic amines is 1. The van der Waals surface area contributed by atoms with E-state index < -0.39 is 27.3 Å². The Hall–Kier alpha value is -2.94. The number of anilines is 1. The number of hydrogen-bond acceptors (Lipinski definition) is 4. The van der Waals surface area contributed by atoms with Gasteiger partial charge < -0.3 is 4.98 Å². The van der Waals surface area contributed by atoms with E-state index in [1.807, 2.05) is 12.1 Å². The number of hydrogen-bond donors (Lipinski definition) is 2. The zero-order valence-electron chi connectivity index (χ0n) is 17.3. The molecule has 0 spiro atoms. The van der Waals surface area contributed by atoms with Gasteiger partial charge in [-0.15, -0.1) is 0 Å². The summed E-state index contributed by atoms with van der Waals surface area (Å²) in [5.41, 5.74) is 1.48. The van der Waals surface area contributed by atoms with E-state index in [9.17, 15) is 13.2 Å². The number of ketones is 1. The number of nitrogens with zero attached hydrogens (tertiary/aromatic N) is 1. The third-order valence-electron chi connectivity index (χ3n) is 5.02. The van der Waals surface area contributed by atoms with Crippen LogP contribution in [0.2, 0.25) is 10.0 Å². The number of fused-ring (bicyclic) bond motifs is 1. The molecule has 0 radical (unpaired) electrons. The molecule has 0 amide bonds. The summed E-state index contributed by atoms with van der Waals surface area (Å²) in [6, 6.07) is 11.4. The van der Waals surface area contributed by atoms with Crippen molar-refractivity contribution in [1.82, 2.24) is 9.97 Å². The van der Waals surface area contributed by atoms with Crippen LogP contribution in [0.1, 0.15) is 29.3 Å². The number of aromatic nitrogens is 2. The predicted molar refractivity (Wildman–Crippen MR) is 129 cm³/mol. The minimum absolute atomic E-state index is 0.144. The Kier molecular flexibility index (Phi) is 6.43. The molecular weight excluding hydrogens is 488 g/mol. The number of sulfonamides is 1. The molecule has 0 unspecified atom stereocenters. The first-order valence-electron chi connectivity index (χ1n) is 9.96. The molecule has 0 saturated carbocycles. The zero-order chi connectivity index (χ0) is 23.8. The van der Waals surface area contributed by atoms with Gasteiger partial charge >= 0.3 is 0 Å². The van der Waals surface area contributed by atoms with Crippen molar-refractivity contribution in [3.63, 3.8) is 0 Å². The number of H-pyrrole nitrogens is 1. The Balaban J connectivity index is 1.77. The van der Waals surface area contributed by atoms with Crippen molar-refractivity contribution in [2.24, 2.45) is 0 Å². The van der Waals surface area contributed by atoms with Gasteiger partial charge in [0.05, 0.1) is 16.3 Å². The number of rotatable bonds is 7. The average molecular weight is 506 g/mol. The zero-order valence-corrected chi connectivity index (χ0v) is 19.7. The molecule has 33 heavy (non-hydrogen) atoms. The molecule has 0 fully saturated rings. The van der Waals surface area contributed by atoms with Crippen LogP contribution >= 0.6 is 23.2 Å². The van der Waals surface area contributed by atoms with Gasteiger partial charge in [0, 0.05) is 33.9 Å². The number of carbonyl (C=O) groups is 1. The van der Waals surface area contributed by atoms with Gasteiger partial charge in [-0.3, -0.25) is 9.52 Å². The molecule has 6 nitrogen and oxygen atoms in total. The Bertz CT molecular complexity index is 1470. The molecule has 0 aliphatic heterocycles. The van der Waals surface area contributed by atoms with E-state index in [1.165, 1.54) is 18.3 Å². The van der Waals surface area contributed by atoms with Gasteiger partial charge in [0.2, 0.25) is 10.0 Å². The molecule has 0 aliphatic carbocycles. The predicted octanol–water partition coefficient (Wildman–Crippen LogP) is 6.06. The first kappa shape index (κ1) is 23.2. The van der Waals surface area contributed by atoms with Gasteiger partial charge in [-0.05, 0) is 42.3 Å². The van der Waals surface area contributed by atoms with E-state index in [4.69, 9.17) is 23.2 Å². The lowest BCUT2D eigenvalue weighted by Crippen LogP contribution is -2.18. The maximum absolute atomic E-state index is 15.3. The quantitative estimate of drug-likeness (QED) is 0.298. The monoisotopic (exact) mass is 505 g/mol. The number of halogens is 3. The second kappa shape index (κ2) is 9.13. The third-order valence-corrected chi connectivity index (χ3v) is 7.05. The second-order valence-electron chi connectivity index (χ2n) is 7.36. The van der Waals surface area contributed by atoms with Gasteiger partial charge in [0.15, 0.2) is 11.6 Å². The molecule has 10 heteroatoms. The summed E-state index contributed by atoms with van der Waals surface area (Å²) in [5, 5.41) is 0.943. The first-order chi connectivity index (χ1) is 15.7. The summed E-state index contributed by atoms with van der Waals surface area (Å²) < 4.78 is 41.7. The lowest BCUT2D eigenvalue weighted by Gasteiger charge is -2.12. The Morgan fingerprint density at radius 1 is 1.09 bits per heavy atom. The molecule has 2 heterocycles. The van der Waals surface area contributed by atoms with Gasteiger partial charge in [-0.25, -0.2) is 17.8 Å². The molecule has 4 rings (SSSR count). The van der Waals surface area contributed by atoms with Crippen LogP contribution in [0.3, 0.4) is 0 Å². The Labute approximate surface area is 199 Å². The van der Waals surface area contributed by atoms with Gasteiger partial charge in [0.25, 0.3) is 0 Å². The van der Waals surface area contributed by atoms with Crippen LogP contribution in [0.4, 0.5) is 10.1 Å². The summed E-state index contributed by atoms with van der Waals surface area (Å²) in [5.74, 6) is -1.88. The van der Waals surface area contributed by atoms with Crippen molar-refractivity contribution in [2.75, 3.05) is 10.5 Å². The van der Waals surface area contributed by atoms with Crippen LogP contribution < -0.4 is 4.72 Å². The van der Waals surface area contributed by atoms with Crippen LogP contribution in [0.25, 0.3) is 22.2 Å². The summed E-state index contributed by atoms with van der Waals surface area (Å²) in [6.45, 7) is 1.68. The number of nitrogens with one attached hydrogen (secondary N) is 2. The van der Waals surface area contributed by atoms with E-state index >= 15 is 4.39 Å². The van der Waals surface area contributed by atoms with Crippen molar-refractivity contribution in [1.29, 1.82) is 0 Å². The Morgan fingerprint density at radius 2 is 1.82 bits per heavy atom. The maximum atomic E-state index is 15.3. The summed E-state index contributed by atoms with van der Waals surface area (Å²) in [4.78, 5) is 20.5. The Morgan fingerprint density at radius 3 is 2.52 bits per heavy atom. The number of pyridine rings is 1. The molecule has 2 aromatic carbocycles. The van der Waals surface area contributed by atoms with E-state index in [0.29, 0.717) is 22.5 Å². The van der Waals surface area contributed by atoms with Gasteiger partial charge in [-0.1, -0.05) is 42.3 Å². The number of carbonyl (C=O) groups excluding carboxylic acids is 1. The molecule has 0 saturated heterocycles. The minimum atomic E-state index is -3.81. The molecule has 2 N–H and O–H groups in total. The lowest BCUT2D eigenvalue weighted by atomic mass is 10.0. The molecule has 0 bridgehead atoms. The largest absolute Gasteiger partial charge is 0.345 e. The summed E-state index contributed by atoms with van der Waals surface area (Å²) in [7, 11) is -3.81. The van der Waals surface area contributed by atoms with Crippen LogP contribution in [-0.2, 0) is 10.0 Å². The smallest absolute Gasteiger partial charge is 0.232 e. The highest BCUT2D eigenvalue weighted by molar-refractivity contribution is 7.92. The maximum Gasteiger partial charge on any atom is 0.232 e. The first-order valence-corrected chi connectivity index (χ1v) is 12.4. The van der Waals surface area contributed by atoms with Crippen LogP contribution in [0.5, 0.6) is 0 Å². The molecule has 170 valence electrons. The van der Waals surface area contributed by atoms with Crippen LogP contribution in [-0.4, -0.2) is 29.9 Å². The minimum Gasteiger partial charge on any atom is -0.345 e. The van der Waals surface area contributed by atoms with Crippen molar-refractivity contribution in [3.05, 3.63) is 81.8 Å². The molecule has 4 aromatic rings. The summed E-state index contributed by atoms with van der Waals surface area (Å²) in [6.07, 6.45) is 3.44. The van der Waals surface area contributed by atoms with Crippen molar-refractivity contribution in [2.45, 2.75) is 13.3 Å². The topological polar surface area (TPSA) is 91.9 Å². The highest BCUT2D eigenvalue weighted by Crippen LogP contribution is 2.32. The van der Waals surface area contributed by atoms with E-state index in [-0.39, 0.29) is 21.9 Å². The standard InChI is InChI=1S/C23H18Cl2FN3O3S/c1-2-9-33(31,32)29-21-19(25)8-7-16(20(21)26)22(30)18-12-28-23-17(18)10-14(11-27-23)13-3-5-15(24)6-4-13/h3-8,10-12,29H,2,9H2,1H3,(H,27,28). The fraction of sp³-hybridized carbons (Fsp3) is 0.130. The third kappa shape index (κ3) is 4.73. The molecule has 0 atom stereocenters. The molecule has 0 aliphatic rings. The van der Waals surface area contributed by atoms with E-state index in [2.05, 4.69) is 14.7 Å². The molecular formula is C23H18Cl2FN3O3S. The van der Waals surface area contributed by atoms with Crippen molar-refractivity contribution < 1.29 is 17.6 Å². The van der Waals surface area contributed by atoms with Crippen LogP contribution in [0.15, 0.2) is 54.9 Å². The second-order valence-corrected chi connectivity index (χ2v) is 10.0. The SMILES string of the molecule is CCCS(=O)(=O)Nc1c(Cl)ccc(C(=O)c2c[nH]c3ncc(-c4ccc(Cl)cc4)cc23)c1F. The average Bonchev–Trinajstić information content (AvgIpc) is 3.20. The van der Waals surface area contributed by atoms with Crippen molar-refractivity contribution in [3.8, 4) is 11.1 Å². The van der Waals surface area contributed by atoms with Gasteiger partial charge in [-0.2, -0.15) is 0 Å². The fourth-order valence-corrected chi connectivity index (χ4v) is 4.96. The van der Waals surface area contributed by atoms with Crippen molar-refractivity contribution >= 4 is 55.7 Å². The molecule has 2 aromatic heterocycles. The fourth-order valence-electron chi connectivity index (χ4n) is 3.43. The highest BCUT2D eigenvalue weighted by Gasteiger charge is 2.24. The van der Waals surface area contributed by atoms with Gasteiger partial charge in [0.1, 0.15) is 11.3 Å². The summed E-state index contributed by atoms with van der Waals surface area (Å²) >= 11 is 12.0. The normalized spacial score (nSPS) is 11.6. The van der Waals surface area contributed by atoms with E-state index in [1.54, 1.807) is 31.3 Å². The highest BCUT2D eigenvalue weighted by atomic mass is 35.5. The number of benzene rings is 2. The van der Waals surface area contributed by atoms with Crippen LogP contribution in [0, 0.1) is 5.82 Å². The van der Waals surface area contributed by atoms with E-state index in [0.717, 1.165) is 11.1 Å². The lowest BCUT2D eigenvalue weighted by molar-refractivity contribution is 0.103.